The predicted octanol–water partition coefficient (Wildman–Crippen LogP) is 6.00. The lowest BCUT2D eigenvalue weighted by atomic mass is 9.96. The number of benzene rings is 3. The van der Waals surface area contributed by atoms with E-state index in [1.165, 1.54) is 12.1 Å². The van der Waals surface area contributed by atoms with Gasteiger partial charge in [-0.3, -0.25) is 24.2 Å². The topological polar surface area (TPSA) is 132 Å². The lowest BCUT2D eigenvalue weighted by molar-refractivity contribution is -0.137. The second-order valence-corrected chi connectivity index (χ2v) is 14.3. The van der Waals surface area contributed by atoms with Crippen LogP contribution in [-0.2, 0) is 27.0 Å². The van der Waals surface area contributed by atoms with Crippen LogP contribution < -0.4 is 20.9 Å². The Hall–Kier alpha value is -5.50. The average Bonchev–Trinajstić information content (AvgIpc) is 3.23. The number of aliphatic imine (C=N–C) groups is 1. The summed E-state index contributed by atoms with van der Waals surface area (Å²) in [6.07, 6.45) is 2.13. The zero-order chi connectivity index (χ0) is 39.7. The predicted molar refractivity (Wildman–Crippen MR) is 208 cm³/mol. The number of halogens is 3. The summed E-state index contributed by atoms with van der Waals surface area (Å²) in [5.74, 6) is -1.57. The molecule has 14 heteroatoms. The molecule has 3 aromatic rings. The number of allylic oxidation sites excluding steroid dienone is 1. The second-order valence-electron chi connectivity index (χ2n) is 14.3. The van der Waals surface area contributed by atoms with Crippen LogP contribution in [0.3, 0.4) is 0 Å². The largest absolute Gasteiger partial charge is 0.416 e. The molecule has 0 aliphatic carbocycles. The van der Waals surface area contributed by atoms with Gasteiger partial charge in [-0.05, 0) is 98.7 Å². The summed E-state index contributed by atoms with van der Waals surface area (Å²) >= 11 is 0. The number of likely N-dealkylation sites (tertiary alicyclic amines) is 1. The molecule has 3 N–H and O–H groups in total. The number of amides is 4. The molecular weight excluding hydrogens is 725 g/mol. The monoisotopic (exact) mass is 772 g/mol. The fraction of sp³-hybridized carbons (Fsp3) is 0.405. The van der Waals surface area contributed by atoms with Crippen molar-refractivity contribution in [1.29, 1.82) is 0 Å². The lowest BCUT2D eigenvalue weighted by Gasteiger charge is -2.32. The molecule has 1 unspecified atom stereocenters. The van der Waals surface area contributed by atoms with Crippen molar-refractivity contribution in [2.75, 3.05) is 63.2 Å². The van der Waals surface area contributed by atoms with E-state index in [0.717, 1.165) is 50.2 Å². The summed E-state index contributed by atoms with van der Waals surface area (Å²) in [5.41, 5.74) is 3.08. The number of carbonyl (C=O) groups is 4. The van der Waals surface area contributed by atoms with Gasteiger partial charge < -0.3 is 30.5 Å². The van der Waals surface area contributed by atoms with Crippen LogP contribution in [0.4, 0.5) is 24.5 Å². The summed E-state index contributed by atoms with van der Waals surface area (Å²) in [4.78, 5) is 62.1. The molecule has 1 atom stereocenters. The van der Waals surface area contributed by atoms with Crippen molar-refractivity contribution in [1.82, 2.24) is 15.5 Å². The third kappa shape index (κ3) is 10.2. The van der Waals surface area contributed by atoms with Crippen molar-refractivity contribution in [3.05, 3.63) is 106 Å². The van der Waals surface area contributed by atoms with Gasteiger partial charge in [0.25, 0.3) is 11.8 Å². The van der Waals surface area contributed by atoms with Crippen molar-refractivity contribution < 1.29 is 37.1 Å². The lowest BCUT2D eigenvalue weighted by Crippen LogP contribution is -2.46. The molecule has 3 aromatic carbocycles. The van der Waals surface area contributed by atoms with E-state index in [1.807, 2.05) is 18.2 Å². The number of anilines is 2. The molecular formula is C42H47F3N6O5. The Balaban J connectivity index is 1.19. The summed E-state index contributed by atoms with van der Waals surface area (Å²) < 4.78 is 44.7. The van der Waals surface area contributed by atoms with Crippen molar-refractivity contribution in [3.8, 4) is 0 Å². The quantitative estimate of drug-likeness (QED) is 0.194. The molecule has 0 radical (unpaired) electrons. The molecule has 0 bridgehead atoms. The molecule has 0 spiro atoms. The van der Waals surface area contributed by atoms with Gasteiger partial charge in [0.15, 0.2) is 0 Å². The zero-order valence-electron chi connectivity index (χ0n) is 31.4. The number of nitrogens with one attached hydrogen (secondary N) is 3. The number of nitrogens with zero attached hydrogens (tertiary/aromatic N) is 3. The molecule has 3 aliphatic rings. The van der Waals surface area contributed by atoms with Crippen LogP contribution in [0.1, 0.15) is 75.9 Å². The van der Waals surface area contributed by atoms with E-state index in [0.29, 0.717) is 79.2 Å². The van der Waals surface area contributed by atoms with Gasteiger partial charge in [0, 0.05) is 80.9 Å². The molecule has 0 aromatic heterocycles. The highest BCUT2D eigenvalue weighted by Gasteiger charge is 2.31. The number of methoxy groups -OCH3 is 1. The van der Waals surface area contributed by atoms with E-state index in [9.17, 15) is 32.3 Å². The van der Waals surface area contributed by atoms with Crippen LogP contribution in [0.15, 0.2) is 83.4 Å². The Morgan fingerprint density at radius 3 is 2.45 bits per heavy atom. The Kier molecular flexibility index (Phi) is 13.2. The van der Waals surface area contributed by atoms with E-state index in [4.69, 9.17) is 9.73 Å². The minimum absolute atomic E-state index is 0.0809. The molecule has 3 heterocycles. The van der Waals surface area contributed by atoms with Crippen LogP contribution in [-0.4, -0.2) is 87.2 Å². The molecule has 3 aliphatic heterocycles. The first-order valence-electron chi connectivity index (χ1n) is 19.1. The molecule has 11 nitrogen and oxygen atoms in total. The number of alkyl halides is 3. The van der Waals surface area contributed by atoms with Gasteiger partial charge in [0.1, 0.15) is 0 Å². The first-order valence-corrected chi connectivity index (χ1v) is 19.1. The zero-order valence-corrected chi connectivity index (χ0v) is 31.4. The molecule has 4 amide bonds. The number of hydrogen-bond donors (Lipinski definition) is 3. The van der Waals surface area contributed by atoms with Gasteiger partial charge in [0.05, 0.1) is 29.5 Å². The van der Waals surface area contributed by atoms with Crippen LogP contribution in [0.5, 0.6) is 0 Å². The molecule has 2 fully saturated rings. The minimum atomic E-state index is -4.49. The number of dihydropyridines is 1. The van der Waals surface area contributed by atoms with E-state index >= 15 is 0 Å². The maximum Gasteiger partial charge on any atom is 0.416 e. The van der Waals surface area contributed by atoms with E-state index in [2.05, 4.69) is 20.9 Å². The smallest absolute Gasteiger partial charge is 0.383 e. The van der Waals surface area contributed by atoms with Gasteiger partial charge in [-0.1, -0.05) is 18.2 Å². The summed E-state index contributed by atoms with van der Waals surface area (Å²) in [6, 6.07) is 17.0. The van der Waals surface area contributed by atoms with Crippen molar-refractivity contribution in [3.63, 3.8) is 0 Å². The fourth-order valence-corrected chi connectivity index (χ4v) is 7.24. The number of carbonyl (C=O) groups excluding carboxylic acids is 4. The fourth-order valence-electron chi connectivity index (χ4n) is 7.24. The molecule has 56 heavy (non-hydrogen) atoms. The Morgan fingerprint density at radius 1 is 0.875 bits per heavy atom. The van der Waals surface area contributed by atoms with Crippen molar-refractivity contribution >= 4 is 40.7 Å². The van der Waals surface area contributed by atoms with Gasteiger partial charge in [-0.25, -0.2) is 0 Å². The maximum atomic E-state index is 13.8. The third-order valence-corrected chi connectivity index (χ3v) is 10.3. The Labute approximate surface area is 324 Å². The highest BCUT2D eigenvalue weighted by molar-refractivity contribution is 6.18. The third-order valence-electron chi connectivity index (χ3n) is 10.3. The number of piperidine rings is 2. The maximum absolute atomic E-state index is 13.8. The molecule has 2 saturated heterocycles. The summed E-state index contributed by atoms with van der Waals surface area (Å²) in [6.45, 7) is 3.57. The van der Waals surface area contributed by atoms with Crippen LogP contribution >= 0.6 is 0 Å². The van der Waals surface area contributed by atoms with Crippen LogP contribution in [0, 0.1) is 5.92 Å². The highest BCUT2D eigenvalue weighted by atomic mass is 19.4. The van der Waals surface area contributed by atoms with Crippen LogP contribution in [0.2, 0.25) is 0 Å². The van der Waals surface area contributed by atoms with Crippen molar-refractivity contribution in [2.45, 2.75) is 51.2 Å². The van der Waals surface area contributed by atoms with E-state index in [1.54, 1.807) is 42.4 Å². The van der Waals surface area contributed by atoms with E-state index < -0.39 is 23.6 Å². The molecule has 0 saturated carbocycles. The number of hydrogen-bond acceptors (Lipinski definition) is 7. The Bertz CT molecular complexity index is 1990. The van der Waals surface area contributed by atoms with E-state index in [-0.39, 0.29) is 36.4 Å². The van der Waals surface area contributed by atoms with Crippen LogP contribution in [0.25, 0.3) is 0 Å². The van der Waals surface area contributed by atoms with Gasteiger partial charge in [-0.2, -0.15) is 13.2 Å². The summed E-state index contributed by atoms with van der Waals surface area (Å²) in [7, 11) is 1.56. The average molecular weight is 773 g/mol. The summed E-state index contributed by atoms with van der Waals surface area (Å²) in [5, 5.41) is 8.60. The minimum Gasteiger partial charge on any atom is -0.383 e. The highest BCUT2D eigenvalue weighted by Crippen LogP contribution is 2.31. The van der Waals surface area contributed by atoms with Gasteiger partial charge in [-0.15, -0.1) is 0 Å². The second kappa shape index (κ2) is 18.4. The number of ether oxygens (including phenoxy) is 1. The Morgan fingerprint density at radius 2 is 1.66 bits per heavy atom. The molecule has 6 rings (SSSR count). The van der Waals surface area contributed by atoms with Crippen molar-refractivity contribution in [2.24, 2.45) is 10.9 Å². The normalized spacial score (nSPS) is 17.4. The first-order chi connectivity index (χ1) is 27.0. The standard InChI is InChI=1S/C42H47F3N6O5/c1-56-21-17-47-39(53)32-11-7-20-51(27-32)41(55)31-10-6-9-29(23-31)40(54)49-36-14-13-34(50-18-3-2-4-19-50)25-35(36)37-24-30(15-16-46-37)38(52)48-26-28-8-5-12-33(22-28)42(43,44)45/h5-6,8-10,12-14,22-25,32H,2-4,7,11,15-21,26-27H2,1H3,(H,47,53)(H,48,52)(H,49,54). The molecule has 296 valence electrons. The van der Waals surface area contributed by atoms with Gasteiger partial charge in [0.2, 0.25) is 11.8 Å². The number of rotatable bonds is 12. The van der Waals surface area contributed by atoms with Gasteiger partial charge >= 0.3 is 6.18 Å². The first kappa shape index (κ1) is 40.2. The SMILES string of the molecule is COCCNC(=O)C1CCCN(C(=O)c2cccc(C(=O)Nc3ccc(N4CCCCC4)cc3C3=NCCC(C(=O)NCc4cccc(C(F)(F)F)c4)=C3)c2)C1.